The van der Waals surface area contributed by atoms with Gasteiger partial charge in [0.05, 0.1) is 10.5 Å². The predicted molar refractivity (Wildman–Crippen MR) is 44.0 cm³/mol. The summed E-state index contributed by atoms with van der Waals surface area (Å²) < 4.78 is 0. The van der Waals surface area contributed by atoms with Gasteiger partial charge in [-0.15, -0.1) is 5.69 Å². The number of carboxylic acid groups (broad SMARTS) is 1. The molecule has 0 aliphatic heterocycles. The second-order valence-corrected chi connectivity index (χ2v) is 2.29. The summed E-state index contributed by atoms with van der Waals surface area (Å²) in [5.41, 5.74) is 6.21. The zero-order valence-corrected chi connectivity index (χ0v) is 9.77. The molecule has 0 spiro atoms. The summed E-state index contributed by atoms with van der Waals surface area (Å²) >= 11 is 0. The third-order valence-electron chi connectivity index (χ3n) is 1.44. The summed E-state index contributed by atoms with van der Waals surface area (Å²) in [4.78, 5) is 20.0. The number of carboxylic acids is 1. The largest absolute Gasteiger partial charge is 0.698 e. The van der Waals surface area contributed by atoms with E-state index < -0.39 is 10.9 Å². The maximum Gasteiger partial charge on any atom is 0.334 e. The number of hydrogen-bond acceptors (Lipinski definition) is 3. The number of aromatic carboxylic acids is 1. The molecule has 0 unspecified atom stereocenters. The van der Waals surface area contributed by atoms with Gasteiger partial charge < -0.3 is 10.8 Å². The number of benzene rings is 1. The molecule has 0 saturated heterocycles. The smallest absolute Gasteiger partial charge is 0.334 e. The number of nitrogens with zero attached hydrogens (tertiary/aromatic N) is 1. The summed E-state index contributed by atoms with van der Waals surface area (Å²) in [6.07, 6.45) is 0. The van der Waals surface area contributed by atoms with Crippen molar-refractivity contribution in [3.05, 3.63) is 39.6 Å². The second-order valence-electron chi connectivity index (χ2n) is 2.29. The van der Waals surface area contributed by atoms with Crippen molar-refractivity contribution < 1.29 is 47.5 Å². The number of hydrogen-bond donors (Lipinski definition) is 1. The Morgan fingerprint density at radius 1 is 1.50 bits per heavy atom. The normalized spacial score (nSPS) is 8.86. The molecule has 2 N–H and O–H groups in total. The molecule has 0 aromatic heterocycles. The minimum absolute atomic E-state index is 0. The number of nitro benzene ring substituents is 1. The van der Waals surface area contributed by atoms with E-state index in [1.54, 1.807) is 0 Å². The van der Waals surface area contributed by atoms with Crippen LogP contribution < -0.4 is 0 Å². The van der Waals surface area contributed by atoms with Crippen LogP contribution in [0.25, 0.3) is 5.73 Å². The van der Waals surface area contributed by atoms with Crippen molar-refractivity contribution in [1.82, 2.24) is 0 Å². The summed E-state index contributed by atoms with van der Waals surface area (Å²) in [6, 6.07) is 3.04. The molecule has 14 heavy (non-hydrogen) atoms. The first-order valence-electron chi connectivity index (χ1n) is 3.25. The molecule has 1 radical (unpaired) electrons. The molecule has 1 aromatic carbocycles. The third kappa shape index (κ3) is 2.75. The van der Waals surface area contributed by atoms with Gasteiger partial charge in [-0.05, 0) is 0 Å². The summed E-state index contributed by atoms with van der Waals surface area (Å²) in [7, 11) is 0. The number of rotatable bonds is 2. The van der Waals surface area contributed by atoms with Crippen molar-refractivity contribution in [2.45, 2.75) is 0 Å². The van der Waals surface area contributed by atoms with Crippen molar-refractivity contribution in [3.8, 4) is 0 Å². The molecule has 0 atom stereocenters. The van der Waals surface area contributed by atoms with Crippen LogP contribution in [0.2, 0.25) is 0 Å². The molecule has 6 nitrogen and oxygen atoms in total. The number of non-ortho nitro benzene ring substituents is 1. The van der Waals surface area contributed by atoms with Crippen LogP contribution in [0.5, 0.6) is 0 Å². The average Bonchev–Trinajstić information content (AvgIpc) is 2.04. The van der Waals surface area contributed by atoms with Crippen LogP contribution in [0, 0.1) is 10.1 Å². The van der Waals surface area contributed by atoms with Gasteiger partial charge in [0.15, 0.2) is 0 Å². The minimum atomic E-state index is -1.34. The maximum atomic E-state index is 10.5. The Balaban J connectivity index is 0.00000169. The van der Waals surface area contributed by atoms with Gasteiger partial charge in [-0.25, -0.2) is 4.79 Å². The molecule has 0 saturated carbocycles. The van der Waals surface area contributed by atoms with Crippen LogP contribution in [-0.4, -0.2) is 16.0 Å². The fourth-order valence-corrected chi connectivity index (χ4v) is 0.823. The zero-order valence-electron chi connectivity index (χ0n) is 6.93. The monoisotopic (exact) mass is 270 g/mol. The Bertz CT molecular complexity index is 380. The number of nitro groups is 1. The van der Waals surface area contributed by atoms with E-state index in [2.05, 4.69) is 0 Å². The topological polar surface area (TPSA) is 104 Å². The third-order valence-corrected chi connectivity index (χ3v) is 1.44. The van der Waals surface area contributed by atoms with E-state index in [0.717, 1.165) is 18.2 Å². The minimum Gasteiger partial charge on any atom is -0.698 e. The molecule has 0 aliphatic rings. The molecule has 1 aromatic rings. The summed E-state index contributed by atoms with van der Waals surface area (Å²) in [5, 5.41) is 18.8. The number of nitrogens with one attached hydrogen (secondary N) is 1. The Morgan fingerprint density at radius 2 is 2.07 bits per heavy atom. The maximum absolute atomic E-state index is 10.5. The van der Waals surface area contributed by atoms with E-state index in [-0.39, 0.29) is 49.6 Å². The molecule has 0 fully saturated rings. The predicted octanol–water partition coefficient (Wildman–Crippen LogP) is 1.97. The van der Waals surface area contributed by atoms with E-state index in [9.17, 15) is 14.9 Å². The quantitative estimate of drug-likeness (QED) is 0.655. The molecule has 1 rings (SSSR count). The summed E-state index contributed by atoms with van der Waals surface area (Å²) in [6.45, 7) is 0. The first-order chi connectivity index (χ1) is 6.02. The Hall–Kier alpha value is -1.01. The zero-order chi connectivity index (χ0) is 10.0. The first-order valence-corrected chi connectivity index (χ1v) is 3.25. The van der Waals surface area contributed by atoms with Crippen molar-refractivity contribution in [3.63, 3.8) is 0 Å². The van der Waals surface area contributed by atoms with Crippen molar-refractivity contribution in [1.29, 1.82) is 0 Å². The van der Waals surface area contributed by atoms with Crippen molar-refractivity contribution in [2.75, 3.05) is 0 Å². The van der Waals surface area contributed by atoms with E-state index in [1.807, 2.05) is 0 Å². The van der Waals surface area contributed by atoms with Gasteiger partial charge in [0.1, 0.15) is 0 Å². The molecule has 0 aliphatic carbocycles. The fraction of sp³-hybridized carbons (Fsp3) is 0. The van der Waals surface area contributed by atoms with Crippen molar-refractivity contribution >= 4 is 17.3 Å². The van der Waals surface area contributed by atoms with Gasteiger partial charge in [0, 0.05) is 44.8 Å². The Morgan fingerprint density at radius 3 is 2.50 bits per heavy atom. The van der Waals surface area contributed by atoms with E-state index in [4.69, 9.17) is 10.8 Å². The molecule has 0 bridgehead atoms. The SMILES string of the molecule is [NH-]c1ccc([N+](=O)[O-])cc1C(=O)O.[Y]. The van der Waals surface area contributed by atoms with Gasteiger partial charge in [-0.3, -0.25) is 10.1 Å². The molecular formula is C7H5N2O4Y-. The summed E-state index contributed by atoms with van der Waals surface area (Å²) in [5.74, 6) is -1.34. The van der Waals surface area contributed by atoms with Crippen LogP contribution in [0.3, 0.4) is 0 Å². The van der Waals surface area contributed by atoms with Crippen LogP contribution in [-0.2, 0) is 32.7 Å². The van der Waals surface area contributed by atoms with Crippen molar-refractivity contribution in [2.24, 2.45) is 0 Å². The van der Waals surface area contributed by atoms with E-state index in [0.29, 0.717) is 0 Å². The van der Waals surface area contributed by atoms with Gasteiger partial charge in [-0.1, -0.05) is 6.07 Å². The van der Waals surface area contributed by atoms with Gasteiger partial charge in [-0.2, -0.15) is 0 Å². The standard InChI is InChI=1S/C7H5N2O4.Y/c8-6-2-1-4(9(12)13)3-5(6)7(10)11;/h1-3,8H,(H,10,11);/q-1;. The average molecular weight is 270 g/mol. The second kappa shape index (κ2) is 5.02. The molecule has 0 amide bonds. The molecule has 0 heterocycles. The van der Waals surface area contributed by atoms with E-state index in [1.165, 1.54) is 0 Å². The fourth-order valence-electron chi connectivity index (χ4n) is 0.823. The van der Waals surface area contributed by atoms with Gasteiger partial charge in [0.25, 0.3) is 5.69 Å². The van der Waals surface area contributed by atoms with Crippen LogP contribution in [0.15, 0.2) is 18.2 Å². The van der Waals surface area contributed by atoms with Gasteiger partial charge >= 0.3 is 5.97 Å². The Labute approximate surface area is 104 Å². The van der Waals surface area contributed by atoms with Crippen LogP contribution >= 0.6 is 0 Å². The molecule has 7 heteroatoms. The Kier molecular flexibility index (Phi) is 4.66. The first kappa shape index (κ1) is 13.0. The number of carbonyl (C=O) groups is 1. The van der Waals surface area contributed by atoms with Crippen LogP contribution in [0.4, 0.5) is 11.4 Å². The molecular weight excluding hydrogens is 265 g/mol. The molecule has 71 valence electrons. The van der Waals surface area contributed by atoms with Gasteiger partial charge in [0.2, 0.25) is 0 Å². The van der Waals surface area contributed by atoms with E-state index >= 15 is 0 Å². The van der Waals surface area contributed by atoms with Crippen LogP contribution in [0.1, 0.15) is 10.4 Å².